The Labute approximate surface area is 141 Å². The van der Waals surface area contributed by atoms with Crippen LogP contribution in [0.2, 0.25) is 0 Å². The molecule has 2 rings (SSSR count). The fraction of sp³-hybridized carbons (Fsp3) is 0.429. The molecule has 1 aromatic rings. The molecule has 0 bridgehead atoms. The lowest BCUT2D eigenvalue weighted by molar-refractivity contribution is -0.174. The number of amides is 1. The first kappa shape index (κ1) is 19.2. The number of nitrogens with zero attached hydrogens (tertiary/aromatic N) is 1. The second-order valence-corrected chi connectivity index (χ2v) is 7.21. The van der Waals surface area contributed by atoms with E-state index in [0.29, 0.717) is 0 Å². The van der Waals surface area contributed by atoms with Crippen LogP contribution in [0, 0.1) is 0 Å². The molecule has 0 aliphatic carbocycles. The predicted octanol–water partition coefficient (Wildman–Crippen LogP) is 0.915. The van der Waals surface area contributed by atoms with Gasteiger partial charge in [-0.05, 0) is 18.6 Å². The van der Waals surface area contributed by atoms with Crippen LogP contribution in [0.5, 0.6) is 0 Å². The van der Waals surface area contributed by atoms with Gasteiger partial charge in [0.05, 0.1) is 17.6 Å². The molecule has 138 valence electrons. The van der Waals surface area contributed by atoms with Crippen molar-refractivity contribution in [3.05, 3.63) is 29.8 Å². The van der Waals surface area contributed by atoms with Crippen molar-refractivity contribution in [2.75, 3.05) is 20.2 Å². The minimum atomic E-state index is -5.04. The summed E-state index contributed by atoms with van der Waals surface area (Å²) in [7, 11) is -3.03. The quantitative estimate of drug-likeness (QED) is 0.784. The number of halogens is 3. The summed E-state index contributed by atoms with van der Waals surface area (Å²) in [4.78, 5) is 22.4. The SMILES string of the molecule is COC(=O)c1ccccc1S(=O)(=O)N1CCC(NC(=O)C(F)(F)F)C1. The molecule has 0 aromatic heterocycles. The first-order chi connectivity index (χ1) is 11.6. The summed E-state index contributed by atoms with van der Waals surface area (Å²) >= 11 is 0. The van der Waals surface area contributed by atoms with Crippen LogP contribution in [0.15, 0.2) is 29.2 Å². The van der Waals surface area contributed by atoms with Gasteiger partial charge in [0.15, 0.2) is 0 Å². The minimum Gasteiger partial charge on any atom is -0.465 e. The van der Waals surface area contributed by atoms with Crippen LogP contribution in [-0.2, 0) is 19.6 Å². The van der Waals surface area contributed by atoms with Crippen LogP contribution < -0.4 is 5.32 Å². The molecule has 0 saturated carbocycles. The van der Waals surface area contributed by atoms with Crippen molar-refractivity contribution in [1.82, 2.24) is 9.62 Å². The molecule has 0 spiro atoms. The number of ether oxygens (including phenoxy) is 1. The number of carbonyl (C=O) groups excluding carboxylic acids is 2. The predicted molar refractivity (Wildman–Crippen MR) is 79.1 cm³/mol. The molecule has 1 N–H and O–H groups in total. The van der Waals surface area contributed by atoms with Crippen molar-refractivity contribution in [2.24, 2.45) is 0 Å². The van der Waals surface area contributed by atoms with Crippen LogP contribution in [0.25, 0.3) is 0 Å². The lowest BCUT2D eigenvalue weighted by atomic mass is 10.2. The van der Waals surface area contributed by atoms with Gasteiger partial charge in [0, 0.05) is 19.1 Å². The number of esters is 1. The molecule has 11 heteroatoms. The van der Waals surface area contributed by atoms with Gasteiger partial charge >= 0.3 is 18.1 Å². The van der Waals surface area contributed by atoms with Crippen LogP contribution in [0.4, 0.5) is 13.2 Å². The average Bonchev–Trinajstić information content (AvgIpc) is 3.02. The number of rotatable bonds is 4. The summed E-state index contributed by atoms with van der Waals surface area (Å²) < 4.78 is 67.7. The zero-order valence-electron chi connectivity index (χ0n) is 13.0. The van der Waals surface area contributed by atoms with E-state index < -0.39 is 34.1 Å². The smallest absolute Gasteiger partial charge is 0.465 e. The van der Waals surface area contributed by atoms with Gasteiger partial charge < -0.3 is 10.1 Å². The lowest BCUT2D eigenvalue weighted by Gasteiger charge is -2.19. The summed E-state index contributed by atoms with van der Waals surface area (Å²) in [5.41, 5.74) is -0.173. The van der Waals surface area contributed by atoms with Gasteiger partial charge in [-0.15, -0.1) is 0 Å². The first-order valence-corrected chi connectivity index (χ1v) is 8.56. The molecule has 1 aliphatic rings. The van der Waals surface area contributed by atoms with E-state index in [9.17, 15) is 31.2 Å². The van der Waals surface area contributed by atoms with Crippen molar-refractivity contribution in [3.8, 4) is 0 Å². The zero-order valence-corrected chi connectivity index (χ0v) is 13.9. The molecule has 1 aromatic carbocycles. The van der Waals surface area contributed by atoms with E-state index in [2.05, 4.69) is 4.74 Å². The monoisotopic (exact) mass is 380 g/mol. The molecule has 1 fully saturated rings. The van der Waals surface area contributed by atoms with Crippen molar-refractivity contribution >= 4 is 21.9 Å². The standard InChI is InChI=1S/C14H15F3N2O5S/c1-24-12(20)10-4-2-3-5-11(10)25(22,23)19-7-6-9(8-19)18-13(21)14(15,16)17/h2-5,9H,6-8H2,1H3,(H,18,21). The van der Waals surface area contributed by atoms with E-state index in [4.69, 9.17) is 0 Å². The Hall–Kier alpha value is -2.14. The molecular weight excluding hydrogens is 365 g/mol. The molecule has 1 amide bonds. The van der Waals surface area contributed by atoms with Crippen LogP contribution >= 0.6 is 0 Å². The molecule has 0 radical (unpaired) electrons. The third-order valence-electron chi connectivity index (χ3n) is 3.65. The molecule has 25 heavy (non-hydrogen) atoms. The normalized spacial score (nSPS) is 18.8. The van der Waals surface area contributed by atoms with Crippen molar-refractivity contribution in [3.63, 3.8) is 0 Å². The number of methoxy groups -OCH3 is 1. The third kappa shape index (κ3) is 4.10. The molecule has 7 nitrogen and oxygen atoms in total. The van der Waals surface area contributed by atoms with E-state index in [0.717, 1.165) is 11.4 Å². The van der Waals surface area contributed by atoms with E-state index in [1.807, 2.05) is 0 Å². The van der Waals surface area contributed by atoms with E-state index in [-0.39, 0.29) is 30.0 Å². The van der Waals surface area contributed by atoms with Crippen LogP contribution in [0.3, 0.4) is 0 Å². The van der Waals surface area contributed by atoms with Gasteiger partial charge in [-0.25, -0.2) is 13.2 Å². The highest BCUT2D eigenvalue weighted by Gasteiger charge is 2.42. The molecular formula is C14H15F3N2O5S. The number of carbonyl (C=O) groups is 2. The van der Waals surface area contributed by atoms with E-state index in [1.54, 1.807) is 5.32 Å². The number of benzene rings is 1. The largest absolute Gasteiger partial charge is 0.471 e. The Balaban J connectivity index is 2.20. The molecule has 1 unspecified atom stereocenters. The average molecular weight is 380 g/mol. The van der Waals surface area contributed by atoms with Crippen molar-refractivity contribution < 1.29 is 35.9 Å². The Morgan fingerprint density at radius 3 is 2.52 bits per heavy atom. The number of hydrogen-bond donors (Lipinski definition) is 1. The Morgan fingerprint density at radius 2 is 1.92 bits per heavy atom. The van der Waals surface area contributed by atoms with Gasteiger partial charge in [0.1, 0.15) is 0 Å². The van der Waals surface area contributed by atoms with Gasteiger partial charge in [0.25, 0.3) is 0 Å². The topological polar surface area (TPSA) is 92.8 Å². The summed E-state index contributed by atoms with van der Waals surface area (Å²) in [6.45, 7) is -0.402. The molecule has 1 saturated heterocycles. The maximum absolute atomic E-state index is 12.7. The van der Waals surface area contributed by atoms with Gasteiger partial charge in [0.2, 0.25) is 10.0 Å². The number of nitrogens with one attached hydrogen (secondary N) is 1. The van der Waals surface area contributed by atoms with Gasteiger partial charge in [-0.3, -0.25) is 4.79 Å². The summed E-state index contributed by atoms with van der Waals surface area (Å²) in [5.74, 6) is -2.97. The highest BCUT2D eigenvalue weighted by Crippen LogP contribution is 2.25. The van der Waals surface area contributed by atoms with Crippen molar-refractivity contribution in [1.29, 1.82) is 0 Å². The molecule has 1 atom stereocenters. The van der Waals surface area contributed by atoms with Crippen LogP contribution in [0.1, 0.15) is 16.8 Å². The van der Waals surface area contributed by atoms with Crippen LogP contribution in [-0.4, -0.2) is 57.0 Å². The second-order valence-electron chi connectivity index (χ2n) is 5.31. The molecule has 1 heterocycles. The fourth-order valence-electron chi connectivity index (χ4n) is 2.44. The maximum Gasteiger partial charge on any atom is 0.471 e. The van der Waals surface area contributed by atoms with Crippen molar-refractivity contribution in [2.45, 2.75) is 23.5 Å². The Kier molecular flexibility index (Phi) is 5.37. The first-order valence-electron chi connectivity index (χ1n) is 7.12. The third-order valence-corrected chi connectivity index (χ3v) is 5.58. The highest BCUT2D eigenvalue weighted by molar-refractivity contribution is 7.89. The Morgan fingerprint density at radius 1 is 1.28 bits per heavy atom. The van der Waals surface area contributed by atoms with E-state index in [1.165, 1.54) is 24.3 Å². The van der Waals surface area contributed by atoms with E-state index >= 15 is 0 Å². The Bertz CT molecular complexity index is 779. The highest BCUT2D eigenvalue weighted by atomic mass is 32.2. The maximum atomic E-state index is 12.7. The number of sulfonamides is 1. The lowest BCUT2D eigenvalue weighted by Crippen LogP contribution is -2.44. The number of hydrogen-bond acceptors (Lipinski definition) is 5. The molecule has 1 aliphatic heterocycles. The minimum absolute atomic E-state index is 0.0292. The fourth-order valence-corrected chi connectivity index (χ4v) is 4.12. The summed E-state index contributed by atoms with van der Waals surface area (Å²) in [6.07, 6.45) is -5.01. The van der Waals surface area contributed by atoms with Gasteiger partial charge in [-0.2, -0.15) is 17.5 Å². The second kappa shape index (κ2) is 7.00. The number of alkyl halides is 3. The van der Waals surface area contributed by atoms with Gasteiger partial charge in [-0.1, -0.05) is 12.1 Å². The summed E-state index contributed by atoms with van der Waals surface area (Å²) in [5, 5.41) is 1.76. The zero-order chi connectivity index (χ0) is 18.8. The summed E-state index contributed by atoms with van der Waals surface area (Å²) in [6, 6.07) is 4.40.